The first-order valence-corrected chi connectivity index (χ1v) is 13.1. The van der Waals surface area contributed by atoms with Crippen LogP contribution in [0.5, 0.6) is 0 Å². The number of aryl methyl sites for hydroxylation is 1. The molecule has 0 saturated carbocycles. The largest absolute Gasteiger partial charge is 0.378 e. The smallest absolute Gasteiger partial charge is 0.254 e. The molecule has 7 nitrogen and oxygen atoms in total. The Bertz CT molecular complexity index is 911. The van der Waals surface area contributed by atoms with Crippen LogP contribution >= 0.6 is 11.3 Å². The molecule has 33 heavy (non-hydrogen) atoms. The van der Waals surface area contributed by atoms with Gasteiger partial charge in [0.2, 0.25) is 0 Å². The second-order valence-electron chi connectivity index (χ2n) is 9.34. The van der Waals surface area contributed by atoms with Crippen molar-refractivity contribution in [3.8, 4) is 0 Å². The number of anilines is 1. The number of nitrogens with zero attached hydrogens (tertiary/aromatic N) is 5. The van der Waals surface area contributed by atoms with E-state index < -0.39 is 0 Å². The van der Waals surface area contributed by atoms with Crippen molar-refractivity contribution in [2.45, 2.75) is 32.4 Å². The van der Waals surface area contributed by atoms with E-state index in [1.807, 2.05) is 17.0 Å². The zero-order chi connectivity index (χ0) is 22.6. The number of morpholine rings is 1. The predicted octanol–water partition coefficient (Wildman–Crippen LogP) is 2.71. The van der Waals surface area contributed by atoms with Gasteiger partial charge in [-0.25, -0.2) is 4.98 Å². The molecule has 1 amide bonds. The van der Waals surface area contributed by atoms with E-state index in [1.165, 1.54) is 24.2 Å². The van der Waals surface area contributed by atoms with Gasteiger partial charge in [0.1, 0.15) is 0 Å². The second kappa shape index (κ2) is 10.5. The molecule has 0 aliphatic carbocycles. The number of benzene rings is 1. The van der Waals surface area contributed by atoms with Crippen molar-refractivity contribution in [2.75, 3.05) is 70.5 Å². The summed E-state index contributed by atoms with van der Waals surface area (Å²) in [6, 6.07) is 8.90. The third kappa shape index (κ3) is 5.57. The minimum Gasteiger partial charge on any atom is -0.378 e. The standard InChI is InChI=1S/C25H35N5O2S/c1-20-26-22(19-33-20)18-27-10-12-29(13-11-27)24-6-8-28(9-7-24)23-4-2-21(3-5-23)25(31)30-14-16-32-17-15-30/h2-5,19,24H,6-18H2,1H3. The Morgan fingerprint density at radius 2 is 1.70 bits per heavy atom. The molecular formula is C25H35N5O2S. The molecular weight excluding hydrogens is 434 g/mol. The highest BCUT2D eigenvalue weighted by Gasteiger charge is 2.28. The zero-order valence-electron chi connectivity index (χ0n) is 19.6. The van der Waals surface area contributed by atoms with Crippen LogP contribution in [-0.4, -0.2) is 97.2 Å². The van der Waals surface area contributed by atoms with E-state index in [-0.39, 0.29) is 5.91 Å². The number of carbonyl (C=O) groups is 1. The first-order valence-electron chi connectivity index (χ1n) is 12.3. The third-order valence-corrected chi connectivity index (χ3v) is 8.04. The summed E-state index contributed by atoms with van der Waals surface area (Å²) < 4.78 is 5.36. The Morgan fingerprint density at radius 1 is 1.00 bits per heavy atom. The van der Waals surface area contributed by atoms with Crippen LogP contribution in [-0.2, 0) is 11.3 Å². The van der Waals surface area contributed by atoms with Crippen molar-refractivity contribution in [1.82, 2.24) is 19.7 Å². The molecule has 5 rings (SSSR count). The number of piperazine rings is 1. The predicted molar refractivity (Wildman–Crippen MR) is 132 cm³/mol. The number of rotatable bonds is 5. The molecule has 1 aromatic heterocycles. The summed E-state index contributed by atoms with van der Waals surface area (Å²) in [7, 11) is 0. The summed E-state index contributed by atoms with van der Waals surface area (Å²) in [6.45, 7) is 12.5. The fraction of sp³-hybridized carbons (Fsp3) is 0.600. The van der Waals surface area contributed by atoms with E-state index >= 15 is 0 Å². The van der Waals surface area contributed by atoms with Gasteiger partial charge in [-0.2, -0.15) is 0 Å². The number of piperidine rings is 1. The molecule has 3 saturated heterocycles. The number of hydrogen-bond donors (Lipinski definition) is 0. The van der Waals surface area contributed by atoms with Crippen LogP contribution in [0.4, 0.5) is 5.69 Å². The lowest BCUT2D eigenvalue weighted by atomic mass is 10.0. The third-order valence-electron chi connectivity index (χ3n) is 7.22. The summed E-state index contributed by atoms with van der Waals surface area (Å²) in [6.07, 6.45) is 2.42. The summed E-state index contributed by atoms with van der Waals surface area (Å²) in [4.78, 5) is 26.9. The fourth-order valence-corrected chi connectivity index (χ4v) is 5.85. The SMILES string of the molecule is Cc1nc(CN2CCN(C3CCN(c4ccc(C(=O)N5CCOCC5)cc4)CC3)CC2)cs1. The number of aromatic nitrogens is 1. The fourth-order valence-electron chi connectivity index (χ4n) is 5.25. The number of thiazole rings is 1. The lowest BCUT2D eigenvalue weighted by molar-refractivity contribution is 0.0303. The Hall–Kier alpha value is -2.00. The minimum atomic E-state index is 0.118. The van der Waals surface area contributed by atoms with Gasteiger partial charge in [0.25, 0.3) is 5.91 Å². The van der Waals surface area contributed by atoms with E-state index in [1.54, 1.807) is 11.3 Å². The Morgan fingerprint density at radius 3 is 2.33 bits per heavy atom. The van der Waals surface area contributed by atoms with Crippen molar-refractivity contribution >= 4 is 22.9 Å². The van der Waals surface area contributed by atoms with Crippen molar-refractivity contribution in [2.24, 2.45) is 0 Å². The van der Waals surface area contributed by atoms with Gasteiger partial charge in [0, 0.05) is 81.6 Å². The molecule has 3 aliphatic heterocycles. The summed E-state index contributed by atoms with van der Waals surface area (Å²) >= 11 is 1.75. The number of ether oxygens (including phenoxy) is 1. The van der Waals surface area contributed by atoms with Gasteiger partial charge in [0.05, 0.1) is 23.9 Å². The maximum atomic E-state index is 12.7. The summed E-state index contributed by atoms with van der Waals surface area (Å²) in [5.41, 5.74) is 3.23. The molecule has 4 heterocycles. The highest BCUT2D eigenvalue weighted by atomic mass is 32.1. The van der Waals surface area contributed by atoms with E-state index in [0.717, 1.165) is 56.4 Å². The van der Waals surface area contributed by atoms with Crippen LogP contribution < -0.4 is 4.90 Å². The van der Waals surface area contributed by atoms with Crippen LogP contribution in [0.25, 0.3) is 0 Å². The first kappa shape index (κ1) is 22.8. The average Bonchev–Trinajstić information content (AvgIpc) is 3.29. The lowest BCUT2D eigenvalue weighted by Crippen LogP contribution is -2.53. The van der Waals surface area contributed by atoms with Crippen LogP contribution in [0.1, 0.15) is 33.9 Å². The Kier molecular flexibility index (Phi) is 7.25. The molecule has 8 heteroatoms. The highest BCUT2D eigenvalue weighted by molar-refractivity contribution is 7.09. The maximum Gasteiger partial charge on any atom is 0.254 e. The molecule has 0 radical (unpaired) electrons. The van der Waals surface area contributed by atoms with Crippen molar-refractivity contribution in [3.63, 3.8) is 0 Å². The maximum absolute atomic E-state index is 12.7. The number of carbonyl (C=O) groups excluding carboxylic acids is 1. The second-order valence-corrected chi connectivity index (χ2v) is 10.4. The summed E-state index contributed by atoms with van der Waals surface area (Å²) in [5.74, 6) is 0.118. The van der Waals surface area contributed by atoms with Gasteiger partial charge >= 0.3 is 0 Å². The molecule has 0 spiro atoms. The number of hydrogen-bond acceptors (Lipinski definition) is 7. The zero-order valence-corrected chi connectivity index (χ0v) is 20.4. The highest BCUT2D eigenvalue weighted by Crippen LogP contribution is 2.24. The van der Waals surface area contributed by atoms with Crippen LogP contribution in [0.3, 0.4) is 0 Å². The van der Waals surface area contributed by atoms with Gasteiger partial charge in [-0.05, 0) is 44.0 Å². The van der Waals surface area contributed by atoms with Crippen molar-refractivity contribution in [1.29, 1.82) is 0 Å². The monoisotopic (exact) mass is 469 g/mol. The van der Waals surface area contributed by atoms with Crippen molar-refractivity contribution in [3.05, 3.63) is 45.9 Å². The van der Waals surface area contributed by atoms with Gasteiger partial charge < -0.3 is 14.5 Å². The van der Waals surface area contributed by atoms with Crippen LogP contribution in [0, 0.1) is 6.92 Å². The normalized spacial score (nSPS) is 21.5. The first-order chi connectivity index (χ1) is 16.2. The van der Waals surface area contributed by atoms with Crippen LogP contribution in [0.2, 0.25) is 0 Å². The Balaban J connectivity index is 1.08. The van der Waals surface area contributed by atoms with Crippen molar-refractivity contribution < 1.29 is 9.53 Å². The van der Waals surface area contributed by atoms with Gasteiger partial charge in [-0.3, -0.25) is 14.6 Å². The molecule has 0 unspecified atom stereocenters. The minimum absolute atomic E-state index is 0.118. The Labute approximate surface area is 200 Å². The van der Waals surface area contributed by atoms with E-state index in [0.29, 0.717) is 32.3 Å². The van der Waals surface area contributed by atoms with E-state index in [2.05, 4.69) is 44.1 Å². The van der Waals surface area contributed by atoms with Gasteiger partial charge in [-0.15, -0.1) is 11.3 Å². The molecule has 1 aromatic carbocycles. The van der Waals surface area contributed by atoms with E-state index in [4.69, 9.17) is 4.74 Å². The molecule has 3 fully saturated rings. The topological polar surface area (TPSA) is 52.2 Å². The quantitative estimate of drug-likeness (QED) is 0.671. The van der Waals surface area contributed by atoms with Gasteiger partial charge in [0.15, 0.2) is 0 Å². The molecule has 3 aliphatic rings. The number of amides is 1. The molecule has 0 bridgehead atoms. The molecule has 0 atom stereocenters. The lowest BCUT2D eigenvalue weighted by Gasteiger charge is -2.43. The molecule has 178 valence electrons. The van der Waals surface area contributed by atoms with Crippen LogP contribution in [0.15, 0.2) is 29.6 Å². The molecule has 0 N–H and O–H groups in total. The van der Waals surface area contributed by atoms with Gasteiger partial charge in [-0.1, -0.05) is 0 Å². The summed E-state index contributed by atoms with van der Waals surface area (Å²) in [5, 5.41) is 3.36. The molecule has 2 aromatic rings. The van der Waals surface area contributed by atoms with E-state index in [9.17, 15) is 4.79 Å². The average molecular weight is 470 g/mol.